The summed E-state index contributed by atoms with van der Waals surface area (Å²) < 4.78 is 37.6. The van der Waals surface area contributed by atoms with E-state index in [0.29, 0.717) is 6.42 Å². The molecule has 0 N–H and O–H groups in total. The molecule has 0 aromatic heterocycles. The second-order valence-corrected chi connectivity index (χ2v) is 9.19. The number of halogens is 1. The molecule has 0 amide bonds. The predicted octanol–water partition coefficient (Wildman–Crippen LogP) is 3.32. The Balaban J connectivity index is 1.36. The Morgan fingerprint density at radius 3 is 2.21 bits per heavy atom. The summed E-state index contributed by atoms with van der Waals surface area (Å²) in [4.78, 5) is 4.92. The van der Waals surface area contributed by atoms with E-state index in [1.807, 2.05) is 18.2 Å². The van der Waals surface area contributed by atoms with E-state index >= 15 is 0 Å². The quantitative estimate of drug-likeness (QED) is 0.635. The van der Waals surface area contributed by atoms with Crippen LogP contribution in [0.2, 0.25) is 0 Å². The summed E-state index contributed by atoms with van der Waals surface area (Å²) in [5.74, 6) is -0.325. The number of sulfone groups is 1. The monoisotopic (exact) mass is 402 g/mol. The highest BCUT2D eigenvalue weighted by Gasteiger charge is 2.18. The largest absolute Gasteiger partial charge is 0.301 e. The van der Waals surface area contributed by atoms with Crippen LogP contribution in [0, 0.1) is 5.82 Å². The average Bonchev–Trinajstić information content (AvgIpc) is 2.70. The lowest BCUT2D eigenvalue weighted by atomic mass is 10.2. The Morgan fingerprint density at radius 2 is 1.54 bits per heavy atom. The first-order chi connectivity index (χ1) is 13.5. The lowest BCUT2D eigenvalue weighted by molar-refractivity contribution is 0.143. The highest BCUT2D eigenvalue weighted by atomic mass is 32.2. The standard InChI is InChI=1S/C22H27FN2O2S/c23-21-9-11-22(12-10-21)28(26,27)19-5-14-25-17-15-24(16-18-25)13-4-8-20-6-2-1-3-7-20/h1-4,6-12H,5,13-19H2. The minimum atomic E-state index is -3.34. The van der Waals surface area contributed by atoms with Crippen LogP contribution in [0.4, 0.5) is 4.39 Å². The van der Waals surface area contributed by atoms with Crippen molar-refractivity contribution in [2.24, 2.45) is 0 Å². The third-order valence-corrected chi connectivity index (χ3v) is 6.82. The van der Waals surface area contributed by atoms with Gasteiger partial charge in [0.15, 0.2) is 9.84 Å². The zero-order valence-electron chi connectivity index (χ0n) is 16.0. The van der Waals surface area contributed by atoms with Crippen LogP contribution in [0.25, 0.3) is 6.08 Å². The van der Waals surface area contributed by atoms with Gasteiger partial charge >= 0.3 is 0 Å². The molecule has 4 nitrogen and oxygen atoms in total. The molecule has 150 valence electrons. The first-order valence-corrected chi connectivity index (χ1v) is 11.3. The van der Waals surface area contributed by atoms with E-state index in [1.165, 1.54) is 29.8 Å². The van der Waals surface area contributed by atoms with Crippen molar-refractivity contribution < 1.29 is 12.8 Å². The highest BCUT2D eigenvalue weighted by molar-refractivity contribution is 7.91. The molecule has 2 aromatic rings. The maximum Gasteiger partial charge on any atom is 0.178 e. The van der Waals surface area contributed by atoms with Crippen molar-refractivity contribution in [3.63, 3.8) is 0 Å². The van der Waals surface area contributed by atoms with E-state index in [-0.39, 0.29) is 10.6 Å². The van der Waals surface area contributed by atoms with Crippen LogP contribution in [0.3, 0.4) is 0 Å². The Morgan fingerprint density at radius 1 is 0.893 bits per heavy atom. The summed E-state index contributed by atoms with van der Waals surface area (Å²) in [6, 6.07) is 15.3. The molecule has 1 aliphatic rings. The molecule has 0 radical (unpaired) electrons. The minimum absolute atomic E-state index is 0.0959. The molecule has 2 aromatic carbocycles. The zero-order valence-corrected chi connectivity index (χ0v) is 16.8. The highest BCUT2D eigenvalue weighted by Crippen LogP contribution is 2.13. The van der Waals surface area contributed by atoms with Gasteiger partial charge in [0.05, 0.1) is 10.6 Å². The molecule has 1 fully saturated rings. The molecule has 0 unspecified atom stereocenters. The van der Waals surface area contributed by atoms with E-state index in [0.717, 1.165) is 39.3 Å². The fraction of sp³-hybridized carbons (Fsp3) is 0.364. The molecular formula is C22H27FN2O2S. The van der Waals surface area contributed by atoms with E-state index in [1.54, 1.807) is 0 Å². The molecule has 28 heavy (non-hydrogen) atoms. The third kappa shape index (κ3) is 6.26. The fourth-order valence-electron chi connectivity index (χ4n) is 3.34. The molecule has 0 bridgehead atoms. The van der Waals surface area contributed by atoms with Crippen LogP contribution >= 0.6 is 0 Å². The number of hydrogen-bond donors (Lipinski definition) is 0. The van der Waals surface area contributed by atoms with Gasteiger partial charge in [-0.2, -0.15) is 0 Å². The SMILES string of the molecule is O=S(=O)(CCCN1CCN(CC=Cc2ccccc2)CC1)c1ccc(F)cc1. The first kappa shape index (κ1) is 20.7. The van der Waals surface area contributed by atoms with Gasteiger partial charge in [-0.1, -0.05) is 42.5 Å². The van der Waals surface area contributed by atoms with Crippen LogP contribution in [0.1, 0.15) is 12.0 Å². The second-order valence-electron chi connectivity index (χ2n) is 7.08. The number of nitrogens with zero attached hydrogens (tertiary/aromatic N) is 2. The van der Waals surface area contributed by atoms with Crippen LogP contribution in [0.15, 0.2) is 65.6 Å². The molecule has 0 aliphatic carbocycles. The summed E-state index contributed by atoms with van der Waals surface area (Å²) in [5.41, 5.74) is 1.21. The van der Waals surface area contributed by atoms with E-state index in [9.17, 15) is 12.8 Å². The van der Waals surface area contributed by atoms with Gasteiger partial charge in [-0.25, -0.2) is 12.8 Å². The minimum Gasteiger partial charge on any atom is -0.301 e. The molecule has 0 atom stereocenters. The van der Waals surface area contributed by atoms with E-state index in [2.05, 4.69) is 34.1 Å². The lowest BCUT2D eigenvalue weighted by Crippen LogP contribution is -2.46. The van der Waals surface area contributed by atoms with Gasteiger partial charge in [0.25, 0.3) is 0 Å². The topological polar surface area (TPSA) is 40.6 Å². The van der Waals surface area contributed by atoms with Crippen LogP contribution in [0.5, 0.6) is 0 Å². The summed E-state index contributed by atoms with van der Waals surface area (Å²) in [7, 11) is -3.34. The molecule has 0 spiro atoms. The van der Waals surface area contributed by atoms with Crippen molar-refractivity contribution in [1.29, 1.82) is 0 Å². The molecule has 3 rings (SSSR count). The Labute approximate surface area is 167 Å². The maximum atomic E-state index is 13.0. The smallest absolute Gasteiger partial charge is 0.178 e. The fourth-order valence-corrected chi connectivity index (χ4v) is 4.63. The number of hydrogen-bond acceptors (Lipinski definition) is 4. The number of piperazine rings is 1. The van der Waals surface area contributed by atoms with Gasteiger partial charge in [-0.15, -0.1) is 0 Å². The zero-order chi connectivity index (χ0) is 19.8. The third-order valence-electron chi connectivity index (χ3n) is 5.00. The molecule has 1 heterocycles. The van der Waals surface area contributed by atoms with Gasteiger partial charge in [0, 0.05) is 32.7 Å². The summed E-state index contributed by atoms with van der Waals surface area (Å²) >= 11 is 0. The van der Waals surface area contributed by atoms with Gasteiger partial charge in [-0.3, -0.25) is 4.90 Å². The molecular weight excluding hydrogens is 375 g/mol. The van der Waals surface area contributed by atoms with E-state index < -0.39 is 15.7 Å². The van der Waals surface area contributed by atoms with Gasteiger partial charge in [-0.05, 0) is 42.8 Å². The second kappa shape index (κ2) is 9.96. The maximum absolute atomic E-state index is 13.0. The van der Waals surface area contributed by atoms with Gasteiger partial charge in [0.1, 0.15) is 5.82 Å². The lowest BCUT2D eigenvalue weighted by Gasteiger charge is -2.34. The van der Waals surface area contributed by atoms with Crippen molar-refractivity contribution in [3.05, 3.63) is 72.1 Å². The van der Waals surface area contributed by atoms with Gasteiger partial charge < -0.3 is 4.90 Å². The summed E-state index contributed by atoms with van der Waals surface area (Å²) in [6.07, 6.45) is 4.93. The Bertz CT molecular complexity index is 859. The Hall–Kier alpha value is -2.02. The number of rotatable bonds is 8. The van der Waals surface area contributed by atoms with Crippen molar-refractivity contribution in [3.8, 4) is 0 Å². The Kier molecular flexibility index (Phi) is 7.36. The van der Waals surface area contributed by atoms with Crippen LogP contribution in [-0.4, -0.2) is 63.2 Å². The van der Waals surface area contributed by atoms with E-state index in [4.69, 9.17) is 0 Å². The van der Waals surface area contributed by atoms with Crippen molar-refractivity contribution in [2.75, 3.05) is 45.0 Å². The average molecular weight is 403 g/mol. The van der Waals surface area contributed by atoms with Crippen LogP contribution < -0.4 is 0 Å². The predicted molar refractivity (Wildman–Crippen MR) is 111 cm³/mol. The normalized spacial score (nSPS) is 16.6. The van der Waals surface area contributed by atoms with Crippen molar-refractivity contribution in [1.82, 2.24) is 9.80 Å². The van der Waals surface area contributed by atoms with Crippen LogP contribution in [-0.2, 0) is 9.84 Å². The van der Waals surface area contributed by atoms with Crippen molar-refractivity contribution >= 4 is 15.9 Å². The number of benzene rings is 2. The molecule has 0 saturated carbocycles. The van der Waals surface area contributed by atoms with Gasteiger partial charge in [0.2, 0.25) is 0 Å². The molecule has 1 aliphatic heterocycles. The molecule has 1 saturated heterocycles. The molecule has 6 heteroatoms. The summed E-state index contributed by atoms with van der Waals surface area (Å²) in [5, 5.41) is 0. The summed E-state index contributed by atoms with van der Waals surface area (Å²) in [6.45, 7) is 5.59. The first-order valence-electron chi connectivity index (χ1n) is 9.67. The van der Waals surface area contributed by atoms with Crippen molar-refractivity contribution in [2.45, 2.75) is 11.3 Å².